The minimum absolute atomic E-state index is 0.0494. The Morgan fingerprint density at radius 3 is 2.78 bits per heavy atom. The molecule has 0 heterocycles. The standard InChI is InChI=1S/C19H25NO3/c1-3-5-9-18-10-8-13(16(18)22)19(17(23)20-4-2)12-7-6-11(14(12)21)15(18)19/h8,10-13,15H,3-7,9H2,1-2H3,(H,20,23). The molecule has 4 aliphatic rings. The summed E-state index contributed by atoms with van der Waals surface area (Å²) in [5.41, 5.74) is -1.34. The van der Waals surface area contributed by atoms with Gasteiger partial charge in [-0.3, -0.25) is 14.4 Å². The van der Waals surface area contributed by atoms with Crippen molar-refractivity contribution in [3.63, 3.8) is 0 Å². The Labute approximate surface area is 137 Å². The van der Waals surface area contributed by atoms with E-state index in [0.717, 1.165) is 32.1 Å². The lowest BCUT2D eigenvalue weighted by molar-refractivity contribution is -0.142. The zero-order valence-corrected chi connectivity index (χ0v) is 13.9. The quantitative estimate of drug-likeness (QED) is 0.625. The predicted octanol–water partition coefficient (Wildman–Crippen LogP) is 2.28. The summed E-state index contributed by atoms with van der Waals surface area (Å²) >= 11 is 0. The molecular formula is C19H25NO3. The average Bonchev–Trinajstić information content (AvgIpc) is 3.21. The fourth-order valence-corrected chi connectivity index (χ4v) is 6.39. The number of amides is 1. The van der Waals surface area contributed by atoms with Gasteiger partial charge in [0.05, 0.1) is 16.7 Å². The molecule has 0 aromatic heterocycles. The van der Waals surface area contributed by atoms with Gasteiger partial charge in [-0.1, -0.05) is 31.9 Å². The summed E-state index contributed by atoms with van der Waals surface area (Å²) in [7, 11) is 0. The number of fused-ring (bicyclic) bond motifs is 9. The Bertz CT molecular complexity index is 624. The molecule has 0 spiro atoms. The molecule has 0 radical (unpaired) electrons. The molecule has 124 valence electrons. The van der Waals surface area contributed by atoms with Crippen LogP contribution >= 0.6 is 0 Å². The Balaban J connectivity index is 1.86. The number of rotatable bonds is 5. The van der Waals surface area contributed by atoms with E-state index in [4.69, 9.17) is 0 Å². The van der Waals surface area contributed by atoms with Gasteiger partial charge in [-0.25, -0.2) is 0 Å². The minimum Gasteiger partial charge on any atom is -0.356 e. The van der Waals surface area contributed by atoms with Gasteiger partial charge in [-0.05, 0) is 26.2 Å². The third kappa shape index (κ3) is 1.46. The number of unbranched alkanes of at least 4 members (excludes halogenated alkanes) is 1. The van der Waals surface area contributed by atoms with Gasteiger partial charge in [0, 0.05) is 24.3 Å². The smallest absolute Gasteiger partial charge is 0.228 e. The van der Waals surface area contributed by atoms with E-state index in [9.17, 15) is 14.4 Å². The molecule has 23 heavy (non-hydrogen) atoms. The van der Waals surface area contributed by atoms with Crippen LogP contribution in [-0.2, 0) is 14.4 Å². The number of allylic oxidation sites excluding steroid dienone is 2. The van der Waals surface area contributed by atoms with Crippen molar-refractivity contribution in [1.29, 1.82) is 0 Å². The van der Waals surface area contributed by atoms with Crippen LogP contribution < -0.4 is 5.32 Å². The highest BCUT2D eigenvalue weighted by molar-refractivity contribution is 6.10. The number of Topliss-reactive ketones (excluding diaryl/α,β-unsaturated/α-hetero) is 2. The van der Waals surface area contributed by atoms with Crippen LogP contribution in [-0.4, -0.2) is 24.0 Å². The average molecular weight is 315 g/mol. The molecule has 3 saturated carbocycles. The first-order valence-corrected chi connectivity index (χ1v) is 9.11. The van der Waals surface area contributed by atoms with Crippen molar-refractivity contribution in [3.8, 4) is 0 Å². The van der Waals surface area contributed by atoms with Gasteiger partial charge < -0.3 is 5.32 Å². The molecule has 4 nitrogen and oxygen atoms in total. The van der Waals surface area contributed by atoms with Crippen LogP contribution in [0.15, 0.2) is 12.2 Å². The monoisotopic (exact) mass is 315 g/mol. The largest absolute Gasteiger partial charge is 0.356 e. The Morgan fingerprint density at radius 1 is 1.30 bits per heavy atom. The van der Waals surface area contributed by atoms with Crippen LogP contribution in [0.5, 0.6) is 0 Å². The molecule has 1 amide bonds. The minimum atomic E-state index is -0.782. The van der Waals surface area contributed by atoms with Gasteiger partial charge >= 0.3 is 0 Å². The summed E-state index contributed by atoms with van der Waals surface area (Å²) in [5.74, 6) is -0.386. The maximum absolute atomic E-state index is 13.2. The third-order valence-electron chi connectivity index (χ3n) is 7.04. The van der Waals surface area contributed by atoms with Crippen molar-refractivity contribution >= 4 is 17.5 Å². The van der Waals surface area contributed by atoms with E-state index >= 15 is 0 Å². The van der Waals surface area contributed by atoms with Crippen LogP contribution in [0.4, 0.5) is 0 Å². The molecule has 4 heteroatoms. The van der Waals surface area contributed by atoms with Crippen molar-refractivity contribution in [3.05, 3.63) is 12.2 Å². The summed E-state index contributed by atoms with van der Waals surface area (Å²) in [6.07, 6.45) is 8.43. The van der Waals surface area contributed by atoms with Crippen molar-refractivity contribution in [2.75, 3.05) is 6.54 Å². The highest BCUT2D eigenvalue weighted by Gasteiger charge is 2.81. The second-order valence-electron chi connectivity index (χ2n) is 7.75. The van der Waals surface area contributed by atoms with Crippen LogP contribution in [0.25, 0.3) is 0 Å². The van der Waals surface area contributed by atoms with Gasteiger partial charge in [0.25, 0.3) is 0 Å². The van der Waals surface area contributed by atoms with E-state index in [-0.39, 0.29) is 41.1 Å². The third-order valence-corrected chi connectivity index (χ3v) is 7.04. The first-order valence-electron chi connectivity index (χ1n) is 9.11. The van der Waals surface area contributed by atoms with E-state index in [1.165, 1.54) is 0 Å². The predicted molar refractivity (Wildman–Crippen MR) is 85.4 cm³/mol. The fraction of sp³-hybridized carbons (Fsp3) is 0.737. The van der Waals surface area contributed by atoms with E-state index < -0.39 is 10.8 Å². The van der Waals surface area contributed by atoms with Gasteiger partial charge in [0.15, 0.2) is 5.78 Å². The summed E-state index contributed by atoms with van der Waals surface area (Å²) in [6, 6.07) is 0. The Hall–Kier alpha value is -1.45. The Kier molecular flexibility index (Phi) is 3.14. The molecule has 4 aliphatic carbocycles. The van der Waals surface area contributed by atoms with Crippen LogP contribution in [0, 0.1) is 34.5 Å². The molecule has 0 aromatic rings. The van der Waals surface area contributed by atoms with E-state index in [1.807, 2.05) is 13.0 Å². The molecule has 0 saturated heterocycles. The normalized spacial score (nSPS) is 45.8. The molecule has 4 bridgehead atoms. The molecule has 3 fully saturated rings. The maximum Gasteiger partial charge on any atom is 0.228 e. The number of hydrogen-bond donors (Lipinski definition) is 1. The second kappa shape index (κ2) is 4.78. The van der Waals surface area contributed by atoms with Crippen molar-refractivity contribution in [2.45, 2.75) is 46.0 Å². The summed E-state index contributed by atoms with van der Waals surface area (Å²) in [6.45, 7) is 4.57. The highest BCUT2D eigenvalue weighted by Crippen LogP contribution is 2.74. The summed E-state index contributed by atoms with van der Waals surface area (Å²) in [4.78, 5) is 39.1. The first-order chi connectivity index (χ1) is 11.1. The van der Waals surface area contributed by atoms with E-state index in [1.54, 1.807) is 0 Å². The van der Waals surface area contributed by atoms with Gasteiger partial charge in [0.2, 0.25) is 5.91 Å². The van der Waals surface area contributed by atoms with E-state index in [0.29, 0.717) is 6.54 Å². The highest BCUT2D eigenvalue weighted by atomic mass is 16.2. The summed E-state index contributed by atoms with van der Waals surface area (Å²) < 4.78 is 0. The molecule has 0 aliphatic heterocycles. The lowest BCUT2D eigenvalue weighted by Gasteiger charge is -2.44. The molecule has 0 aromatic carbocycles. The first kappa shape index (κ1) is 15.1. The van der Waals surface area contributed by atoms with Crippen molar-refractivity contribution in [2.24, 2.45) is 34.5 Å². The Morgan fingerprint density at radius 2 is 2.09 bits per heavy atom. The van der Waals surface area contributed by atoms with Crippen molar-refractivity contribution < 1.29 is 14.4 Å². The van der Waals surface area contributed by atoms with Crippen molar-refractivity contribution in [1.82, 2.24) is 5.32 Å². The topological polar surface area (TPSA) is 63.2 Å². The molecule has 1 N–H and O–H groups in total. The number of carbonyl (C=O) groups is 3. The number of nitrogens with one attached hydrogen (secondary N) is 1. The zero-order chi connectivity index (χ0) is 16.4. The van der Waals surface area contributed by atoms with Crippen LogP contribution in [0.1, 0.15) is 46.0 Å². The lowest BCUT2D eigenvalue weighted by atomic mass is 9.56. The summed E-state index contributed by atoms with van der Waals surface area (Å²) in [5, 5.41) is 2.96. The molecular weight excluding hydrogens is 290 g/mol. The van der Waals surface area contributed by atoms with Gasteiger partial charge in [-0.15, -0.1) is 0 Å². The SMILES string of the molecule is CCCCC12C=CC(C1=O)C1(C(=O)NCC)C3CCC(C3=O)C21. The van der Waals surface area contributed by atoms with Crippen LogP contribution in [0.3, 0.4) is 0 Å². The molecule has 6 atom stereocenters. The van der Waals surface area contributed by atoms with Gasteiger partial charge in [-0.2, -0.15) is 0 Å². The number of hydrogen-bond acceptors (Lipinski definition) is 3. The van der Waals surface area contributed by atoms with Crippen LogP contribution in [0.2, 0.25) is 0 Å². The maximum atomic E-state index is 13.2. The second-order valence-corrected chi connectivity index (χ2v) is 7.75. The van der Waals surface area contributed by atoms with E-state index in [2.05, 4.69) is 18.3 Å². The number of ketones is 2. The fourth-order valence-electron chi connectivity index (χ4n) is 6.39. The lowest BCUT2D eigenvalue weighted by Crippen LogP contribution is -2.53. The van der Waals surface area contributed by atoms with Gasteiger partial charge in [0.1, 0.15) is 5.78 Å². The molecule has 6 unspecified atom stereocenters. The molecule has 4 rings (SSSR count). The zero-order valence-electron chi connectivity index (χ0n) is 13.9. The number of carbonyl (C=O) groups excluding carboxylic acids is 3.